The van der Waals surface area contributed by atoms with Gasteiger partial charge in [-0.1, -0.05) is 20.4 Å². The summed E-state index contributed by atoms with van der Waals surface area (Å²) in [7, 11) is -3.70. The molecule has 156 valence electrons. The Balaban J connectivity index is 1.95. The van der Waals surface area contributed by atoms with Crippen molar-refractivity contribution in [2.45, 2.75) is 57.8 Å². The van der Waals surface area contributed by atoms with Crippen LogP contribution in [0.4, 0.5) is 5.00 Å². The number of rotatable bonds is 9. The molecule has 3 N–H and O–H groups in total. The maximum atomic E-state index is 13.2. The largest absolute Gasteiger partial charge is 0.389 e. The third kappa shape index (κ3) is 4.78. The first-order valence-corrected chi connectivity index (χ1v) is 12.4. The summed E-state index contributed by atoms with van der Waals surface area (Å²) in [5.74, 6) is 0.371. The van der Waals surface area contributed by atoms with Crippen LogP contribution in [0, 0.1) is 17.8 Å². The molecule has 0 saturated heterocycles. The summed E-state index contributed by atoms with van der Waals surface area (Å²) in [6, 6.07) is 0. The van der Waals surface area contributed by atoms with Crippen molar-refractivity contribution in [2.75, 3.05) is 18.4 Å². The zero-order valence-corrected chi connectivity index (χ0v) is 18.6. The molecule has 1 amide bonds. The number of amides is 1. The van der Waals surface area contributed by atoms with Crippen LogP contribution in [0.25, 0.3) is 0 Å². The molecular weight excluding hydrogens is 394 g/mol. The van der Waals surface area contributed by atoms with Crippen molar-refractivity contribution in [3.05, 3.63) is 22.7 Å². The maximum Gasteiger partial charge on any atom is 0.243 e. The van der Waals surface area contributed by atoms with Gasteiger partial charge >= 0.3 is 0 Å². The minimum absolute atomic E-state index is 0.0274. The monoisotopic (exact) mass is 425 g/mol. The molecule has 28 heavy (non-hydrogen) atoms. The number of fused-ring (bicyclic) bond motifs is 1. The summed E-state index contributed by atoms with van der Waals surface area (Å²) in [6.07, 6.45) is 4.15. The van der Waals surface area contributed by atoms with E-state index in [9.17, 15) is 13.2 Å². The van der Waals surface area contributed by atoms with Crippen LogP contribution in [0.5, 0.6) is 0 Å². The number of hydrogen-bond donors (Lipinski definition) is 3. The lowest BCUT2D eigenvalue weighted by molar-refractivity contribution is -0.117. The van der Waals surface area contributed by atoms with Gasteiger partial charge in [-0.2, -0.15) is 0 Å². The van der Waals surface area contributed by atoms with Crippen LogP contribution >= 0.6 is 11.3 Å². The molecule has 2 aliphatic rings. The Morgan fingerprint density at radius 2 is 1.96 bits per heavy atom. The highest BCUT2D eigenvalue weighted by atomic mass is 32.2. The van der Waals surface area contributed by atoms with Gasteiger partial charge in [0.15, 0.2) is 0 Å². The number of aryl methyl sites for hydroxylation is 1. The van der Waals surface area contributed by atoms with Gasteiger partial charge in [0.1, 0.15) is 9.90 Å². The number of anilines is 1. The van der Waals surface area contributed by atoms with Gasteiger partial charge in [0.25, 0.3) is 0 Å². The van der Waals surface area contributed by atoms with Gasteiger partial charge in [-0.3, -0.25) is 4.79 Å². The fourth-order valence-corrected chi connectivity index (χ4v) is 6.68. The second-order valence-corrected chi connectivity index (χ2v) is 11.0. The standard InChI is InChI=1S/C20H31N3O3S2/c1-5-21-13(4)15-8-9-17-16(10-15)18(28(25,26)22-11-12(2)3)20(27-17)23-19(24)14-6-7-14/h12,14-15,21-22H,4-11H2,1-3H3,(H,23,24). The normalized spacial score (nSPS) is 19.4. The summed E-state index contributed by atoms with van der Waals surface area (Å²) in [5.41, 5.74) is 1.81. The number of carbonyl (C=O) groups excluding carboxylic acids is 1. The fourth-order valence-electron chi connectivity index (χ4n) is 3.50. The third-order valence-electron chi connectivity index (χ3n) is 5.24. The third-order valence-corrected chi connectivity index (χ3v) is 8.12. The van der Waals surface area contributed by atoms with Crippen molar-refractivity contribution in [1.29, 1.82) is 0 Å². The van der Waals surface area contributed by atoms with E-state index in [0.717, 1.165) is 48.4 Å². The molecule has 1 heterocycles. The molecule has 1 aromatic rings. The van der Waals surface area contributed by atoms with Gasteiger partial charge in [-0.25, -0.2) is 13.1 Å². The molecule has 6 nitrogen and oxygen atoms in total. The summed E-state index contributed by atoms with van der Waals surface area (Å²) in [5, 5.41) is 6.68. The van der Waals surface area contributed by atoms with E-state index in [2.05, 4.69) is 21.9 Å². The van der Waals surface area contributed by atoms with Crippen LogP contribution in [0.15, 0.2) is 17.2 Å². The molecule has 8 heteroatoms. The average molecular weight is 426 g/mol. The maximum absolute atomic E-state index is 13.2. The van der Waals surface area contributed by atoms with Crippen molar-refractivity contribution < 1.29 is 13.2 Å². The Bertz CT molecular complexity index is 854. The summed E-state index contributed by atoms with van der Waals surface area (Å²) in [4.78, 5) is 13.7. The molecule has 0 spiro atoms. The van der Waals surface area contributed by atoms with Crippen molar-refractivity contribution in [3.8, 4) is 0 Å². The van der Waals surface area contributed by atoms with Crippen LogP contribution in [-0.2, 0) is 27.7 Å². The lowest BCUT2D eigenvalue weighted by atomic mass is 9.86. The zero-order chi connectivity index (χ0) is 20.5. The van der Waals surface area contributed by atoms with E-state index in [4.69, 9.17) is 0 Å². The lowest BCUT2D eigenvalue weighted by Gasteiger charge is -2.25. The molecule has 1 fully saturated rings. The molecule has 0 aliphatic heterocycles. The topological polar surface area (TPSA) is 87.3 Å². The van der Waals surface area contributed by atoms with E-state index in [-0.39, 0.29) is 28.6 Å². The SMILES string of the molecule is C=C(NCC)C1CCc2sc(NC(=O)C3CC3)c(S(=O)(=O)NCC(C)C)c2C1. The smallest absolute Gasteiger partial charge is 0.243 e. The van der Waals surface area contributed by atoms with E-state index in [1.807, 2.05) is 20.8 Å². The Morgan fingerprint density at radius 3 is 2.57 bits per heavy atom. The summed E-state index contributed by atoms with van der Waals surface area (Å²) in [6.45, 7) is 11.3. The highest BCUT2D eigenvalue weighted by Crippen LogP contribution is 2.44. The van der Waals surface area contributed by atoms with Gasteiger partial charge in [0.2, 0.25) is 15.9 Å². The van der Waals surface area contributed by atoms with Crippen molar-refractivity contribution in [1.82, 2.24) is 10.0 Å². The number of sulfonamides is 1. The van der Waals surface area contributed by atoms with Gasteiger partial charge in [0.05, 0.1) is 0 Å². The van der Waals surface area contributed by atoms with Gasteiger partial charge in [0, 0.05) is 35.5 Å². The van der Waals surface area contributed by atoms with Crippen LogP contribution in [-0.4, -0.2) is 27.4 Å². The fraction of sp³-hybridized carbons (Fsp3) is 0.650. The van der Waals surface area contributed by atoms with Crippen LogP contribution in [0.1, 0.15) is 50.5 Å². The average Bonchev–Trinajstić information content (AvgIpc) is 3.41. The number of allylic oxidation sites excluding steroid dienone is 1. The first-order valence-electron chi connectivity index (χ1n) is 10.1. The van der Waals surface area contributed by atoms with Crippen LogP contribution in [0.2, 0.25) is 0 Å². The summed E-state index contributed by atoms with van der Waals surface area (Å²) < 4.78 is 29.1. The second kappa shape index (κ2) is 8.55. The predicted octanol–water partition coefficient (Wildman–Crippen LogP) is 3.26. The molecule has 1 atom stereocenters. The molecule has 2 aliphatic carbocycles. The van der Waals surface area contributed by atoms with E-state index < -0.39 is 10.0 Å². The highest BCUT2D eigenvalue weighted by molar-refractivity contribution is 7.90. The highest BCUT2D eigenvalue weighted by Gasteiger charge is 2.36. The Morgan fingerprint density at radius 1 is 1.25 bits per heavy atom. The summed E-state index contributed by atoms with van der Waals surface area (Å²) >= 11 is 1.42. The molecule has 1 saturated carbocycles. The minimum Gasteiger partial charge on any atom is -0.389 e. The van der Waals surface area contributed by atoms with Crippen LogP contribution < -0.4 is 15.4 Å². The van der Waals surface area contributed by atoms with E-state index in [1.165, 1.54) is 11.3 Å². The molecule has 1 aromatic heterocycles. The van der Waals surface area contributed by atoms with Crippen molar-refractivity contribution in [2.24, 2.45) is 17.8 Å². The van der Waals surface area contributed by atoms with Crippen molar-refractivity contribution in [3.63, 3.8) is 0 Å². The molecule has 0 bridgehead atoms. The number of thiophene rings is 1. The first-order chi connectivity index (χ1) is 13.2. The Kier molecular flexibility index (Phi) is 6.51. The number of nitrogens with one attached hydrogen (secondary N) is 3. The van der Waals surface area contributed by atoms with Gasteiger partial charge < -0.3 is 10.6 Å². The molecule has 1 unspecified atom stereocenters. The van der Waals surface area contributed by atoms with Crippen molar-refractivity contribution >= 4 is 32.3 Å². The molecular formula is C20H31N3O3S2. The van der Waals surface area contributed by atoms with E-state index in [0.29, 0.717) is 18.0 Å². The molecule has 0 aromatic carbocycles. The quantitative estimate of drug-likeness (QED) is 0.567. The number of hydrogen-bond acceptors (Lipinski definition) is 5. The molecule has 0 radical (unpaired) electrons. The van der Waals surface area contributed by atoms with E-state index >= 15 is 0 Å². The van der Waals surface area contributed by atoms with Gasteiger partial charge in [-0.15, -0.1) is 11.3 Å². The zero-order valence-electron chi connectivity index (χ0n) is 16.9. The first kappa shape index (κ1) is 21.3. The second-order valence-electron chi connectivity index (χ2n) is 8.17. The van der Waals surface area contributed by atoms with Gasteiger partial charge in [-0.05, 0) is 50.5 Å². The van der Waals surface area contributed by atoms with E-state index in [1.54, 1.807) is 0 Å². The molecule has 3 rings (SSSR count). The minimum atomic E-state index is -3.70. The lowest BCUT2D eigenvalue weighted by Crippen LogP contribution is -2.30. The Labute approximate surface area is 172 Å². The predicted molar refractivity (Wildman–Crippen MR) is 114 cm³/mol. The number of carbonyl (C=O) groups is 1. The Hall–Kier alpha value is -1.38. The van der Waals surface area contributed by atoms with Crippen LogP contribution in [0.3, 0.4) is 0 Å².